The highest BCUT2D eigenvalue weighted by atomic mass is 35.5. The number of carbonyl (C=O) groups is 1. The highest BCUT2D eigenvalue weighted by molar-refractivity contribution is 6.33. The number of rotatable bonds is 4. The van der Waals surface area contributed by atoms with Gasteiger partial charge in [-0.1, -0.05) is 30.5 Å². The van der Waals surface area contributed by atoms with Crippen LogP contribution in [0.25, 0.3) is 0 Å². The third kappa shape index (κ3) is 4.04. The lowest BCUT2D eigenvalue weighted by Gasteiger charge is -2.36. The molecular weight excluding hydrogens is 315 g/mol. The maximum Gasteiger partial charge on any atom is 0.255 e. The fourth-order valence-electron chi connectivity index (χ4n) is 3.83. The third-order valence-electron chi connectivity index (χ3n) is 5.23. The summed E-state index contributed by atoms with van der Waals surface area (Å²) in [7, 11) is 0. The zero-order chi connectivity index (χ0) is 16.2. The second-order valence-corrected chi connectivity index (χ2v) is 7.13. The Labute approximate surface area is 142 Å². The molecule has 23 heavy (non-hydrogen) atoms. The van der Waals surface area contributed by atoms with E-state index in [4.69, 9.17) is 11.6 Å². The van der Waals surface area contributed by atoms with Crippen molar-refractivity contribution in [2.45, 2.75) is 44.6 Å². The molecule has 1 aromatic carbocycles. The molecule has 1 aliphatic carbocycles. The Kier molecular flexibility index (Phi) is 5.54. The summed E-state index contributed by atoms with van der Waals surface area (Å²) in [6.45, 7) is 2.83. The van der Waals surface area contributed by atoms with Crippen LogP contribution in [0.15, 0.2) is 18.2 Å². The number of amides is 1. The lowest BCUT2D eigenvalue weighted by atomic mass is 9.95. The van der Waals surface area contributed by atoms with E-state index in [1.165, 1.54) is 37.8 Å². The number of benzene rings is 1. The summed E-state index contributed by atoms with van der Waals surface area (Å²) in [5.41, 5.74) is -0.0439. The van der Waals surface area contributed by atoms with Crippen LogP contribution in [0.4, 0.5) is 4.39 Å². The van der Waals surface area contributed by atoms with Crippen LogP contribution in [-0.4, -0.2) is 36.5 Å². The quantitative estimate of drug-likeness (QED) is 0.904. The molecule has 0 unspecified atom stereocenters. The van der Waals surface area contributed by atoms with Crippen LogP contribution < -0.4 is 5.32 Å². The first-order chi connectivity index (χ1) is 11.1. The van der Waals surface area contributed by atoms with Gasteiger partial charge in [-0.15, -0.1) is 0 Å². The van der Waals surface area contributed by atoms with Gasteiger partial charge < -0.3 is 10.2 Å². The summed E-state index contributed by atoms with van der Waals surface area (Å²) in [6.07, 6.45) is 7.61. The van der Waals surface area contributed by atoms with E-state index in [0.717, 1.165) is 32.0 Å². The van der Waals surface area contributed by atoms with Crippen molar-refractivity contribution in [1.82, 2.24) is 10.2 Å². The van der Waals surface area contributed by atoms with Gasteiger partial charge in [0.2, 0.25) is 0 Å². The largest absolute Gasteiger partial charge is 0.352 e. The number of nitrogens with zero attached hydrogens (tertiary/aromatic N) is 1. The molecule has 1 aliphatic heterocycles. The number of halogens is 2. The Morgan fingerprint density at radius 1 is 1.22 bits per heavy atom. The van der Waals surface area contributed by atoms with Crippen molar-refractivity contribution >= 4 is 17.5 Å². The maximum atomic E-state index is 13.7. The second kappa shape index (κ2) is 7.63. The summed E-state index contributed by atoms with van der Waals surface area (Å²) >= 11 is 5.93. The van der Waals surface area contributed by atoms with Gasteiger partial charge in [0, 0.05) is 12.6 Å². The Morgan fingerprint density at radius 2 is 1.91 bits per heavy atom. The van der Waals surface area contributed by atoms with Crippen molar-refractivity contribution in [2.24, 2.45) is 5.92 Å². The molecule has 5 heteroatoms. The molecule has 0 radical (unpaired) electrons. The standard InChI is InChI=1S/C18H24ClFN2O/c19-15-6-3-7-16(20)17(15)18(23)21-12-13-8-10-22(11-9-13)14-4-1-2-5-14/h3,6-7,13-14H,1-2,4-5,8-12H2,(H,21,23). The molecule has 3 rings (SSSR count). The van der Waals surface area contributed by atoms with Crippen LogP contribution in [0.1, 0.15) is 48.9 Å². The minimum absolute atomic E-state index is 0.0439. The molecule has 1 heterocycles. The monoisotopic (exact) mass is 338 g/mol. The Morgan fingerprint density at radius 3 is 2.57 bits per heavy atom. The van der Waals surface area contributed by atoms with Crippen molar-refractivity contribution in [2.75, 3.05) is 19.6 Å². The topological polar surface area (TPSA) is 32.3 Å². The SMILES string of the molecule is O=C(NCC1CCN(C2CCCC2)CC1)c1c(F)cccc1Cl. The normalized spacial score (nSPS) is 20.8. The first-order valence-corrected chi connectivity index (χ1v) is 8.99. The number of hydrogen-bond donors (Lipinski definition) is 1. The molecule has 1 amide bonds. The zero-order valence-electron chi connectivity index (χ0n) is 13.4. The van der Waals surface area contributed by atoms with Crippen LogP contribution in [0.5, 0.6) is 0 Å². The smallest absolute Gasteiger partial charge is 0.255 e. The molecule has 3 nitrogen and oxygen atoms in total. The van der Waals surface area contributed by atoms with Crippen molar-refractivity contribution in [3.63, 3.8) is 0 Å². The van der Waals surface area contributed by atoms with Gasteiger partial charge in [0.05, 0.1) is 10.6 Å². The summed E-state index contributed by atoms with van der Waals surface area (Å²) in [4.78, 5) is 14.8. The highest BCUT2D eigenvalue weighted by Gasteiger charge is 2.27. The molecule has 1 aromatic rings. The average molecular weight is 339 g/mol. The van der Waals surface area contributed by atoms with E-state index in [1.807, 2.05) is 0 Å². The molecule has 0 bridgehead atoms. The molecule has 2 aliphatic rings. The molecule has 0 spiro atoms. The number of hydrogen-bond acceptors (Lipinski definition) is 2. The van der Waals surface area contributed by atoms with Crippen LogP contribution in [0.2, 0.25) is 5.02 Å². The minimum atomic E-state index is -0.564. The summed E-state index contributed by atoms with van der Waals surface area (Å²) in [6, 6.07) is 5.09. The van der Waals surface area contributed by atoms with Gasteiger partial charge in [0.1, 0.15) is 5.82 Å². The third-order valence-corrected chi connectivity index (χ3v) is 5.55. The van der Waals surface area contributed by atoms with E-state index in [1.54, 1.807) is 6.07 Å². The Hall–Kier alpha value is -1.13. The lowest BCUT2D eigenvalue weighted by molar-refractivity contribution is 0.0921. The Balaban J connectivity index is 1.47. The van der Waals surface area contributed by atoms with Crippen LogP contribution in [0.3, 0.4) is 0 Å². The van der Waals surface area contributed by atoms with Crippen LogP contribution >= 0.6 is 11.6 Å². The number of piperidine rings is 1. The van der Waals surface area contributed by atoms with E-state index in [9.17, 15) is 9.18 Å². The zero-order valence-corrected chi connectivity index (χ0v) is 14.1. The van der Waals surface area contributed by atoms with Gasteiger partial charge in [-0.25, -0.2) is 4.39 Å². The van der Waals surface area contributed by atoms with Crippen molar-refractivity contribution < 1.29 is 9.18 Å². The van der Waals surface area contributed by atoms with Gasteiger partial charge in [-0.2, -0.15) is 0 Å². The van der Waals surface area contributed by atoms with Crippen molar-refractivity contribution in [3.05, 3.63) is 34.6 Å². The van der Waals surface area contributed by atoms with Crippen molar-refractivity contribution in [3.8, 4) is 0 Å². The van der Waals surface area contributed by atoms with Gasteiger partial charge in [-0.3, -0.25) is 4.79 Å². The van der Waals surface area contributed by atoms with E-state index in [2.05, 4.69) is 10.2 Å². The molecular formula is C18H24ClFN2O. The molecule has 2 fully saturated rings. The van der Waals surface area contributed by atoms with E-state index >= 15 is 0 Å². The second-order valence-electron chi connectivity index (χ2n) is 6.72. The first-order valence-electron chi connectivity index (χ1n) is 8.61. The minimum Gasteiger partial charge on any atom is -0.352 e. The van der Waals surface area contributed by atoms with Crippen molar-refractivity contribution in [1.29, 1.82) is 0 Å². The summed E-state index contributed by atoms with van der Waals surface area (Å²) < 4.78 is 13.7. The van der Waals surface area contributed by atoms with Gasteiger partial charge in [0.15, 0.2) is 0 Å². The van der Waals surface area contributed by atoms with Gasteiger partial charge in [0.25, 0.3) is 5.91 Å². The number of carbonyl (C=O) groups excluding carboxylic acids is 1. The number of nitrogens with one attached hydrogen (secondary N) is 1. The maximum absolute atomic E-state index is 13.7. The van der Waals surface area contributed by atoms with Gasteiger partial charge >= 0.3 is 0 Å². The highest BCUT2D eigenvalue weighted by Crippen LogP contribution is 2.27. The van der Waals surface area contributed by atoms with E-state index in [-0.39, 0.29) is 10.6 Å². The molecule has 0 atom stereocenters. The molecule has 126 valence electrons. The average Bonchev–Trinajstić information content (AvgIpc) is 3.08. The lowest BCUT2D eigenvalue weighted by Crippen LogP contribution is -2.42. The summed E-state index contributed by atoms with van der Waals surface area (Å²) in [5, 5.41) is 3.02. The molecule has 1 N–H and O–H groups in total. The predicted octanol–water partition coefficient (Wildman–Crippen LogP) is 3.86. The fourth-order valence-corrected chi connectivity index (χ4v) is 4.08. The molecule has 1 saturated carbocycles. The van der Waals surface area contributed by atoms with Crippen LogP contribution in [0, 0.1) is 11.7 Å². The summed E-state index contributed by atoms with van der Waals surface area (Å²) in [5.74, 6) is -0.500. The molecule has 1 saturated heterocycles. The Bertz CT molecular complexity index is 532. The predicted molar refractivity (Wildman–Crippen MR) is 90.3 cm³/mol. The first kappa shape index (κ1) is 16.7. The fraction of sp³-hybridized carbons (Fsp3) is 0.611. The van der Waals surface area contributed by atoms with Gasteiger partial charge in [-0.05, 0) is 56.8 Å². The van der Waals surface area contributed by atoms with E-state index in [0.29, 0.717) is 12.5 Å². The van der Waals surface area contributed by atoms with E-state index < -0.39 is 11.7 Å². The molecule has 0 aromatic heterocycles. The number of likely N-dealkylation sites (tertiary alicyclic amines) is 1. The van der Waals surface area contributed by atoms with Crippen LogP contribution in [-0.2, 0) is 0 Å².